The first kappa shape index (κ1) is 22.3. The van der Waals surface area contributed by atoms with Gasteiger partial charge in [0.05, 0.1) is 0 Å². The van der Waals surface area contributed by atoms with Crippen LogP contribution in [0.15, 0.2) is 35.5 Å². The lowest BCUT2D eigenvalue weighted by Gasteiger charge is -2.16. The van der Waals surface area contributed by atoms with Crippen LogP contribution in [0.4, 0.5) is 11.4 Å². The first-order chi connectivity index (χ1) is 13.7. The Morgan fingerprint density at radius 3 is 2.41 bits per heavy atom. The van der Waals surface area contributed by atoms with E-state index in [0.717, 1.165) is 16.8 Å². The third kappa shape index (κ3) is 6.25. The van der Waals surface area contributed by atoms with E-state index in [1.807, 2.05) is 45.9 Å². The lowest BCUT2D eigenvalue weighted by molar-refractivity contribution is -0.123. The predicted octanol–water partition coefficient (Wildman–Crippen LogP) is 4.53. The number of nitroso groups, excluding NO2 is 1. The number of rotatable bonds is 6. The molecule has 2 rings (SSSR count). The van der Waals surface area contributed by atoms with Crippen molar-refractivity contribution in [3.8, 4) is 5.75 Å². The molecule has 0 aliphatic rings. The standard InChI is InChI=1S/C21H26N4O3S/c1-12(2)17-10-18(25-27)15(5)9-19(17)28-11-20(26)23-24-21(29)22-16-7-6-13(3)14(4)8-16/h6-10,12H,11H2,1-5H3,(H,23,26)(H2,22,24,29). The van der Waals surface area contributed by atoms with Crippen molar-refractivity contribution >= 4 is 34.6 Å². The maximum absolute atomic E-state index is 12.1. The second kappa shape index (κ2) is 9.97. The fourth-order valence-electron chi connectivity index (χ4n) is 2.65. The summed E-state index contributed by atoms with van der Waals surface area (Å²) in [4.78, 5) is 23.0. The Labute approximate surface area is 176 Å². The van der Waals surface area contributed by atoms with Crippen molar-refractivity contribution < 1.29 is 9.53 Å². The zero-order valence-corrected chi connectivity index (χ0v) is 18.1. The molecule has 7 nitrogen and oxygen atoms in total. The molecule has 0 saturated heterocycles. The highest BCUT2D eigenvalue weighted by atomic mass is 32.1. The lowest BCUT2D eigenvalue weighted by atomic mass is 9.99. The van der Waals surface area contributed by atoms with Crippen molar-refractivity contribution in [3.63, 3.8) is 0 Å². The van der Waals surface area contributed by atoms with Crippen LogP contribution >= 0.6 is 12.2 Å². The number of hydrazine groups is 1. The molecule has 0 unspecified atom stereocenters. The van der Waals surface area contributed by atoms with Gasteiger partial charge >= 0.3 is 0 Å². The lowest BCUT2D eigenvalue weighted by Crippen LogP contribution is -2.45. The van der Waals surface area contributed by atoms with Crippen LogP contribution in [-0.2, 0) is 4.79 Å². The van der Waals surface area contributed by atoms with Crippen molar-refractivity contribution in [1.82, 2.24) is 10.9 Å². The Bertz CT molecular complexity index is 928. The number of hydrogen-bond acceptors (Lipinski definition) is 5. The quantitative estimate of drug-likeness (QED) is 0.365. The van der Waals surface area contributed by atoms with Crippen molar-refractivity contribution in [1.29, 1.82) is 0 Å². The van der Waals surface area contributed by atoms with Crippen LogP contribution in [0.1, 0.15) is 42.0 Å². The van der Waals surface area contributed by atoms with E-state index in [1.54, 1.807) is 19.1 Å². The molecule has 2 aromatic carbocycles. The maximum atomic E-state index is 12.1. The molecule has 8 heteroatoms. The largest absolute Gasteiger partial charge is 0.483 e. The summed E-state index contributed by atoms with van der Waals surface area (Å²) in [6, 6.07) is 9.29. The van der Waals surface area contributed by atoms with Gasteiger partial charge in [-0.3, -0.25) is 15.6 Å². The molecule has 0 aliphatic carbocycles. The Balaban J connectivity index is 1.89. The number of nitrogens with one attached hydrogen (secondary N) is 3. The molecule has 2 aromatic rings. The number of aryl methyl sites for hydroxylation is 3. The minimum Gasteiger partial charge on any atom is -0.483 e. The Kier molecular flexibility index (Phi) is 7.67. The average molecular weight is 415 g/mol. The molecule has 0 atom stereocenters. The van der Waals surface area contributed by atoms with Crippen LogP contribution in [0, 0.1) is 25.7 Å². The predicted molar refractivity (Wildman–Crippen MR) is 120 cm³/mol. The number of ether oxygens (including phenoxy) is 1. The number of carbonyl (C=O) groups excluding carboxylic acids is 1. The van der Waals surface area contributed by atoms with E-state index in [0.29, 0.717) is 17.0 Å². The van der Waals surface area contributed by atoms with Gasteiger partial charge in [-0.15, -0.1) is 4.91 Å². The monoisotopic (exact) mass is 414 g/mol. The van der Waals surface area contributed by atoms with Crippen LogP contribution in [0.5, 0.6) is 5.75 Å². The van der Waals surface area contributed by atoms with Crippen LogP contribution in [0.2, 0.25) is 0 Å². The SMILES string of the molecule is Cc1ccc(NC(=S)NNC(=O)COc2cc(C)c(N=O)cc2C(C)C)cc1C. The first-order valence-corrected chi connectivity index (χ1v) is 9.66. The summed E-state index contributed by atoms with van der Waals surface area (Å²) in [6.07, 6.45) is 0. The van der Waals surface area contributed by atoms with Crippen molar-refractivity contribution in [3.05, 3.63) is 57.5 Å². The maximum Gasteiger partial charge on any atom is 0.276 e. The van der Waals surface area contributed by atoms with E-state index in [1.165, 1.54) is 5.56 Å². The smallest absolute Gasteiger partial charge is 0.276 e. The zero-order chi connectivity index (χ0) is 21.6. The van der Waals surface area contributed by atoms with E-state index in [2.05, 4.69) is 21.3 Å². The molecule has 0 aromatic heterocycles. The van der Waals surface area contributed by atoms with E-state index < -0.39 is 0 Å². The van der Waals surface area contributed by atoms with Crippen LogP contribution in [0.3, 0.4) is 0 Å². The second-order valence-electron chi connectivity index (χ2n) is 7.14. The number of nitrogens with zero attached hydrogens (tertiary/aromatic N) is 1. The minimum absolute atomic E-state index is 0.113. The highest BCUT2D eigenvalue weighted by Gasteiger charge is 2.14. The van der Waals surface area contributed by atoms with Crippen molar-refractivity contribution in [2.45, 2.75) is 40.5 Å². The molecule has 3 N–H and O–H groups in total. The topological polar surface area (TPSA) is 91.8 Å². The van der Waals surface area contributed by atoms with Gasteiger partial charge in [-0.2, -0.15) is 0 Å². The third-order valence-corrected chi connectivity index (χ3v) is 4.69. The van der Waals surface area contributed by atoms with Gasteiger partial charge < -0.3 is 10.1 Å². The second-order valence-corrected chi connectivity index (χ2v) is 7.55. The van der Waals surface area contributed by atoms with Gasteiger partial charge in [0.25, 0.3) is 5.91 Å². The van der Waals surface area contributed by atoms with Gasteiger partial charge in [0.2, 0.25) is 0 Å². The first-order valence-electron chi connectivity index (χ1n) is 9.25. The molecule has 29 heavy (non-hydrogen) atoms. The molecule has 1 amide bonds. The summed E-state index contributed by atoms with van der Waals surface area (Å²) in [7, 11) is 0. The van der Waals surface area contributed by atoms with E-state index >= 15 is 0 Å². The molecule has 0 aliphatic heterocycles. The Morgan fingerprint density at radius 1 is 1.07 bits per heavy atom. The fraction of sp³-hybridized carbons (Fsp3) is 0.333. The van der Waals surface area contributed by atoms with Crippen LogP contribution < -0.4 is 20.9 Å². The normalized spacial score (nSPS) is 10.4. The van der Waals surface area contributed by atoms with Gasteiger partial charge in [0.1, 0.15) is 11.4 Å². The summed E-state index contributed by atoms with van der Waals surface area (Å²) in [6.45, 7) is 9.57. The van der Waals surface area contributed by atoms with Crippen LogP contribution in [0.25, 0.3) is 0 Å². The molecule has 0 spiro atoms. The Hall–Kier alpha value is -3.00. The minimum atomic E-state index is -0.390. The van der Waals surface area contributed by atoms with Crippen molar-refractivity contribution in [2.24, 2.45) is 5.18 Å². The summed E-state index contributed by atoms with van der Waals surface area (Å²) in [5.74, 6) is 0.275. The molecular formula is C21H26N4O3S. The van der Waals surface area contributed by atoms with Gasteiger partial charge in [-0.1, -0.05) is 19.9 Å². The summed E-state index contributed by atoms with van der Waals surface area (Å²) >= 11 is 5.19. The van der Waals surface area contributed by atoms with Gasteiger partial charge in [-0.05, 0) is 90.6 Å². The summed E-state index contributed by atoms with van der Waals surface area (Å²) < 4.78 is 5.66. The number of thiocarbonyl (C=S) groups is 1. The molecule has 0 radical (unpaired) electrons. The molecule has 154 valence electrons. The van der Waals surface area contributed by atoms with E-state index in [9.17, 15) is 9.70 Å². The zero-order valence-electron chi connectivity index (χ0n) is 17.3. The fourth-order valence-corrected chi connectivity index (χ4v) is 2.82. The number of amides is 1. The highest BCUT2D eigenvalue weighted by Crippen LogP contribution is 2.33. The number of anilines is 1. The molecule has 0 heterocycles. The number of carbonyl (C=O) groups is 1. The van der Waals surface area contributed by atoms with Crippen LogP contribution in [-0.4, -0.2) is 17.6 Å². The van der Waals surface area contributed by atoms with Crippen molar-refractivity contribution in [2.75, 3.05) is 11.9 Å². The average Bonchev–Trinajstić information content (AvgIpc) is 2.67. The summed E-state index contributed by atoms with van der Waals surface area (Å²) in [5, 5.41) is 6.30. The van der Waals surface area contributed by atoms with Gasteiger partial charge in [0.15, 0.2) is 11.7 Å². The van der Waals surface area contributed by atoms with Gasteiger partial charge in [-0.25, -0.2) is 0 Å². The number of hydrogen-bond donors (Lipinski definition) is 3. The number of benzene rings is 2. The summed E-state index contributed by atoms with van der Waals surface area (Å²) in [5.41, 5.74) is 10.2. The van der Waals surface area contributed by atoms with E-state index in [4.69, 9.17) is 17.0 Å². The molecule has 0 fully saturated rings. The van der Waals surface area contributed by atoms with Gasteiger partial charge in [0, 0.05) is 5.69 Å². The Morgan fingerprint density at radius 2 is 1.79 bits per heavy atom. The molecule has 0 saturated carbocycles. The molecular weight excluding hydrogens is 388 g/mol. The molecule has 0 bridgehead atoms. The third-order valence-electron chi connectivity index (χ3n) is 4.49. The van der Waals surface area contributed by atoms with E-state index in [-0.39, 0.29) is 23.5 Å². The highest BCUT2D eigenvalue weighted by molar-refractivity contribution is 7.80.